The van der Waals surface area contributed by atoms with Crippen molar-refractivity contribution in [2.24, 2.45) is 0 Å². The lowest BCUT2D eigenvalue weighted by atomic mass is 10.1. The van der Waals surface area contributed by atoms with Gasteiger partial charge in [0.1, 0.15) is 0 Å². The van der Waals surface area contributed by atoms with Gasteiger partial charge in [0.15, 0.2) is 5.75 Å². The van der Waals surface area contributed by atoms with Crippen LogP contribution in [0.3, 0.4) is 0 Å². The van der Waals surface area contributed by atoms with Gasteiger partial charge in [-0.15, -0.1) is 0 Å². The van der Waals surface area contributed by atoms with E-state index in [1.807, 2.05) is 0 Å². The van der Waals surface area contributed by atoms with Gasteiger partial charge in [-0.2, -0.15) is 0 Å². The van der Waals surface area contributed by atoms with Crippen molar-refractivity contribution in [1.82, 2.24) is 0 Å². The minimum absolute atomic E-state index is 0.0889. The van der Waals surface area contributed by atoms with Gasteiger partial charge < -0.3 is 9.84 Å². The SMILES string of the molecule is COc1cc(Br)c(CC(=O)O)cc1[N+](=O)[O-]. The van der Waals surface area contributed by atoms with Crippen LogP contribution in [0, 0.1) is 10.1 Å². The Kier molecular flexibility index (Phi) is 3.83. The first-order valence-corrected chi connectivity index (χ1v) is 4.97. The lowest BCUT2D eigenvalue weighted by Gasteiger charge is -2.06. The third kappa shape index (κ3) is 2.69. The number of nitro benzene ring substituents is 1. The molecule has 1 aromatic carbocycles. The highest BCUT2D eigenvalue weighted by Gasteiger charge is 2.19. The number of methoxy groups -OCH3 is 1. The van der Waals surface area contributed by atoms with Gasteiger partial charge in [-0.05, 0) is 5.56 Å². The van der Waals surface area contributed by atoms with E-state index in [1.165, 1.54) is 19.2 Å². The number of halogens is 1. The molecule has 86 valence electrons. The molecule has 1 rings (SSSR count). The van der Waals surface area contributed by atoms with Crippen LogP contribution in [-0.2, 0) is 11.2 Å². The average Bonchev–Trinajstić information content (AvgIpc) is 2.19. The molecule has 6 nitrogen and oxygen atoms in total. The van der Waals surface area contributed by atoms with Crippen molar-refractivity contribution >= 4 is 27.6 Å². The number of nitro groups is 1. The van der Waals surface area contributed by atoms with Crippen molar-refractivity contribution in [3.63, 3.8) is 0 Å². The summed E-state index contributed by atoms with van der Waals surface area (Å²) in [6, 6.07) is 2.58. The van der Waals surface area contributed by atoms with Gasteiger partial charge >= 0.3 is 11.7 Å². The lowest BCUT2D eigenvalue weighted by Crippen LogP contribution is -2.03. The summed E-state index contributed by atoms with van der Waals surface area (Å²) in [5.41, 5.74) is 0.0851. The van der Waals surface area contributed by atoms with Gasteiger partial charge in [0.2, 0.25) is 0 Å². The second-order valence-corrected chi connectivity index (χ2v) is 3.80. The van der Waals surface area contributed by atoms with E-state index in [-0.39, 0.29) is 17.9 Å². The van der Waals surface area contributed by atoms with E-state index < -0.39 is 10.9 Å². The molecule has 0 unspecified atom stereocenters. The van der Waals surface area contributed by atoms with Gasteiger partial charge in [0.05, 0.1) is 18.5 Å². The highest BCUT2D eigenvalue weighted by atomic mass is 79.9. The number of carboxylic acids is 1. The molecule has 0 heterocycles. The second-order valence-electron chi connectivity index (χ2n) is 2.94. The summed E-state index contributed by atoms with van der Waals surface area (Å²) in [4.78, 5) is 20.6. The highest BCUT2D eigenvalue weighted by molar-refractivity contribution is 9.10. The molecule has 7 heteroatoms. The fraction of sp³-hybridized carbons (Fsp3) is 0.222. The van der Waals surface area contributed by atoms with Crippen LogP contribution in [0.25, 0.3) is 0 Å². The third-order valence-corrected chi connectivity index (χ3v) is 2.62. The molecule has 0 radical (unpaired) electrons. The molecule has 0 fully saturated rings. The zero-order chi connectivity index (χ0) is 12.3. The van der Waals surface area contributed by atoms with E-state index in [4.69, 9.17) is 9.84 Å². The molecule has 16 heavy (non-hydrogen) atoms. The van der Waals surface area contributed by atoms with Gasteiger partial charge in [-0.1, -0.05) is 15.9 Å². The van der Waals surface area contributed by atoms with Crippen molar-refractivity contribution in [3.05, 3.63) is 32.3 Å². The number of rotatable bonds is 4. The number of aliphatic carboxylic acids is 1. The molecule has 0 aliphatic carbocycles. The van der Waals surface area contributed by atoms with Gasteiger partial charge in [0.25, 0.3) is 0 Å². The van der Waals surface area contributed by atoms with E-state index in [2.05, 4.69) is 15.9 Å². The Bertz CT molecular complexity index is 446. The smallest absolute Gasteiger partial charge is 0.311 e. The molecule has 0 bridgehead atoms. The summed E-state index contributed by atoms with van der Waals surface area (Å²) in [6.07, 6.45) is -0.286. The number of ether oxygens (including phenoxy) is 1. The normalized spacial score (nSPS) is 9.88. The van der Waals surface area contributed by atoms with E-state index in [9.17, 15) is 14.9 Å². The Morgan fingerprint density at radius 3 is 2.69 bits per heavy atom. The summed E-state index contributed by atoms with van der Waals surface area (Å²) in [7, 11) is 1.31. The van der Waals surface area contributed by atoms with Gasteiger partial charge in [-0.25, -0.2) is 0 Å². The first kappa shape index (κ1) is 12.4. The van der Waals surface area contributed by atoms with Crippen LogP contribution in [0.1, 0.15) is 5.56 Å². The van der Waals surface area contributed by atoms with Crippen LogP contribution in [0.5, 0.6) is 5.75 Å². The number of nitrogens with zero attached hydrogens (tertiary/aromatic N) is 1. The highest BCUT2D eigenvalue weighted by Crippen LogP contribution is 2.33. The Hall–Kier alpha value is -1.63. The molecule has 0 aliphatic rings. The fourth-order valence-electron chi connectivity index (χ4n) is 1.19. The van der Waals surface area contributed by atoms with Crippen molar-refractivity contribution in [3.8, 4) is 5.75 Å². The van der Waals surface area contributed by atoms with Gasteiger partial charge in [0, 0.05) is 16.6 Å². The summed E-state index contributed by atoms with van der Waals surface area (Å²) >= 11 is 3.13. The Morgan fingerprint density at radius 1 is 1.62 bits per heavy atom. The molecule has 1 N–H and O–H groups in total. The topological polar surface area (TPSA) is 89.7 Å². The monoisotopic (exact) mass is 289 g/mol. The maximum absolute atomic E-state index is 10.7. The van der Waals surface area contributed by atoms with E-state index in [0.29, 0.717) is 10.0 Å². The average molecular weight is 290 g/mol. The van der Waals surface area contributed by atoms with Crippen LogP contribution in [0.4, 0.5) is 5.69 Å². The minimum Gasteiger partial charge on any atom is -0.490 e. The molecule has 0 saturated carbocycles. The minimum atomic E-state index is -1.06. The lowest BCUT2D eigenvalue weighted by molar-refractivity contribution is -0.385. The maximum atomic E-state index is 10.7. The van der Waals surface area contributed by atoms with Crippen LogP contribution in [0.2, 0.25) is 0 Å². The Balaban J connectivity index is 3.27. The standard InChI is InChI=1S/C9H8BrNO5/c1-16-8-4-6(10)5(3-9(12)13)2-7(8)11(14)15/h2,4H,3H2,1H3,(H,12,13). The zero-order valence-electron chi connectivity index (χ0n) is 8.27. The number of hydrogen-bond donors (Lipinski definition) is 1. The second kappa shape index (κ2) is 4.93. The Morgan fingerprint density at radius 2 is 2.25 bits per heavy atom. The van der Waals surface area contributed by atoms with Gasteiger partial charge in [-0.3, -0.25) is 14.9 Å². The molecular weight excluding hydrogens is 282 g/mol. The maximum Gasteiger partial charge on any atom is 0.311 e. The number of benzene rings is 1. The van der Waals surface area contributed by atoms with Crippen LogP contribution in [0.15, 0.2) is 16.6 Å². The number of hydrogen-bond acceptors (Lipinski definition) is 4. The molecule has 0 amide bonds. The summed E-state index contributed by atoms with van der Waals surface area (Å²) < 4.78 is 5.30. The zero-order valence-corrected chi connectivity index (χ0v) is 9.85. The first-order valence-electron chi connectivity index (χ1n) is 4.18. The first-order chi connectivity index (χ1) is 7.45. The van der Waals surface area contributed by atoms with E-state index in [0.717, 1.165) is 0 Å². The number of carbonyl (C=O) groups is 1. The predicted octanol–water partition coefficient (Wildman–Crippen LogP) is 1.99. The molecule has 0 saturated heterocycles. The molecule has 0 aliphatic heterocycles. The Labute approximate surface area is 99.1 Å². The van der Waals surface area contributed by atoms with Crippen molar-refractivity contribution in [2.45, 2.75) is 6.42 Å². The molecule has 0 spiro atoms. The summed E-state index contributed by atoms with van der Waals surface area (Å²) in [5.74, 6) is -0.967. The van der Waals surface area contributed by atoms with E-state index in [1.54, 1.807) is 0 Å². The van der Waals surface area contributed by atoms with E-state index >= 15 is 0 Å². The molecule has 0 atom stereocenters. The fourth-order valence-corrected chi connectivity index (χ4v) is 1.65. The van der Waals surface area contributed by atoms with Crippen molar-refractivity contribution in [1.29, 1.82) is 0 Å². The molecule has 1 aromatic rings. The van der Waals surface area contributed by atoms with Crippen LogP contribution < -0.4 is 4.74 Å². The van der Waals surface area contributed by atoms with Crippen LogP contribution in [-0.4, -0.2) is 23.1 Å². The van der Waals surface area contributed by atoms with Crippen molar-refractivity contribution in [2.75, 3.05) is 7.11 Å². The molecular formula is C9H8BrNO5. The summed E-state index contributed by atoms with van der Waals surface area (Å²) in [6.45, 7) is 0. The number of carboxylic acid groups (broad SMARTS) is 1. The largest absolute Gasteiger partial charge is 0.490 e. The predicted molar refractivity (Wildman–Crippen MR) is 58.7 cm³/mol. The van der Waals surface area contributed by atoms with Crippen molar-refractivity contribution < 1.29 is 19.6 Å². The summed E-state index contributed by atoms with van der Waals surface area (Å²) in [5, 5.41) is 19.3. The quantitative estimate of drug-likeness (QED) is 0.676. The molecule has 0 aromatic heterocycles. The van der Waals surface area contributed by atoms with Crippen LogP contribution >= 0.6 is 15.9 Å². The third-order valence-electron chi connectivity index (χ3n) is 1.89.